The van der Waals surface area contributed by atoms with E-state index in [1.54, 1.807) is 6.20 Å². The van der Waals surface area contributed by atoms with E-state index in [0.717, 1.165) is 22.5 Å². The molecule has 1 rings (SSSR count). The van der Waals surface area contributed by atoms with Crippen LogP contribution in [0.15, 0.2) is 16.9 Å². The highest BCUT2D eigenvalue weighted by molar-refractivity contribution is 9.10. The van der Waals surface area contributed by atoms with Crippen molar-refractivity contribution in [3.05, 3.63) is 16.9 Å². The van der Waals surface area contributed by atoms with Crippen LogP contribution in [0.3, 0.4) is 0 Å². The van der Waals surface area contributed by atoms with Gasteiger partial charge in [-0.05, 0) is 27.6 Å². The summed E-state index contributed by atoms with van der Waals surface area (Å²) >= 11 is 5.21. The van der Waals surface area contributed by atoms with Crippen molar-refractivity contribution >= 4 is 27.7 Å². The van der Waals surface area contributed by atoms with Crippen molar-refractivity contribution in [1.29, 1.82) is 0 Å². The number of nitrogens with zero attached hydrogens (tertiary/aromatic N) is 2. The first-order valence-corrected chi connectivity index (χ1v) is 6.53. The van der Waals surface area contributed by atoms with Gasteiger partial charge in [-0.2, -0.15) is 16.9 Å². The molecule has 0 fully saturated rings. The van der Waals surface area contributed by atoms with Crippen molar-refractivity contribution in [2.45, 2.75) is 13.5 Å². The Labute approximate surface area is 97.0 Å². The van der Waals surface area contributed by atoms with Gasteiger partial charge in [0.2, 0.25) is 0 Å². The number of hydrogen-bond donors (Lipinski definition) is 1. The van der Waals surface area contributed by atoms with Crippen LogP contribution >= 0.6 is 27.7 Å². The van der Waals surface area contributed by atoms with E-state index < -0.39 is 0 Å². The summed E-state index contributed by atoms with van der Waals surface area (Å²) in [4.78, 5) is 0. The van der Waals surface area contributed by atoms with Crippen LogP contribution in [0.2, 0.25) is 0 Å². The molecule has 3 nitrogen and oxygen atoms in total. The van der Waals surface area contributed by atoms with Crippen molar-refractivity contribution < 1.29 is 5.11 Å². The van der Waals surface area contributed by atoms with Crippen LogP contribution in [0.5, 0.6) is 0 Å². The Balaban J connectivity index is 2.10. The lowest BCUT2D eigenvalue weighted by molar-refractivity contribution is 0.250. The van der Waals surface area contributed by atoms with E-state index in [0.29, 0.717) is 5.92 Å². The molecule has 1 unspecified atom stereocenters. The molecule has 1 N–H and O–H groups in total. The van der Waals surface area contributed by atoms with Crippen molar-refractivity contribution in [2.24, 2.45) is 5.92 Å². The van der Waals surface area contributed by atoms with Crippen LogP contribution in [-0.2, 0) is 6.54 Å². The number of aryl methyl sites for hydroxylation is 1. The molecule has 80 valence electrons. The zero-order valence-corrected chi connectivity index (χ0v) is 10.6. The first-order chi connectivity index (χ1) is 6.72. The summed E-state index contributed by atoms with van der Waals surface area (Å²) in [6, 6.07) is 0. The average Bonchev–Trinajstić information content (AvgIpc) is 2.58. The molecule has 0 saturated carbocycles. The van der Waals surface area contributed by atoms with Gasteiger partial charge in [0, 0.05) is 25.1 Å². The minimum Gasteiger partial charge on any atom is -0.396 e. The van der Waals surface area contributed by atoms with Crippen molar-refractivity contribution in [3.63, 3.8) is 0 Å². The monoisotopic (exact) mass is 278 g/mol. The highest BCUT2D eigenvalue weighted by Crippen LogP contribution is 2.10. The highest BCUT2D eigenvalue weighted by Gasteiger charge is 2.00. The summed E-state index contributed by atoms with van der Waals surface area (Å²) in [5.41, 5.74) is 0. The standard InChI is InChI=1S/C9H15BrN2OS/c1-8(6-13)7-14-3-2-12-5-9(10)4-11-12/h4-5,8,13H,2-3,6-7H2,1H3. The topological polar surface area (TPSA) is 38.0 Å². The summed E-state index contributed by atoms with van der Waals surface area (Å²) in [6.07, 6.45) is 3.76. The third-order valence-electron chi connectivity index (χ3n) is 1.78. The summed E-state index contributed by atoms with van der Waals surface area (Å²) in [6.45, 7) is 3.26. The second kappa shape index (κ2) is 6.48. The molecule has 0 aromatic carbocycles. The molecular formula is C9H15BrN2OS. The molecule has 0 bridgehead atoms. The first-order valence-electron chi connectivity index (χ1n) is 4.59. The molecule has 14 heavy (non-hydrogen) atoms. The van der Waals surface area contributed by atoms with Gasteiger partial charge in [-0.3, -0.25) is 4.68 Å². The third kappa shape index (κ3) is 4.48. The van der Waals surface area contributed by atoms with Gasteiger partial charge in [-0.15, -0.1) is 0 Å². The Kier molecular flexibility index (Phi) is 5.59. The summed E-state index contributed by atoms with van der Waals surface area (Å²) in [5, 5.41) is 13.0. The lowest BCUT2D eigenvalue weighted by Gasteiger charge is -2.06. The Morgan fingerprint density at radius 3 is 3.07 bits per heavy atom. The smallest absolute Gasteiger partial charge is 0.0632 e. The number of aliphatic hydroxyl groups is 1. The van der Waals surface area contributed by atoms with Gasteiger partial charge in [-0.1, -0.05) is 6.92 Å². The predicted octanol–water partition coefficient (Wildman–Crippen LogP) is 2.01. The van der Waals surface area contributed by atoms with E-state index in [9.17, 15) is 0 Å². The maximum Gasteiger partial charge on any atom is 0.0632 e. The molecule has 1 aromatic heterocycles. The molecule has 0 spiro atoms. The van der Waals surface area contributed by atoms with Gasteiger partial charge >= 0.3 is 0 Å². The van der Waals surface area contributed by atoms with Gasteiger partial charge in [0.25, 0.3) is 0 Å². The molecule has 0 aliphatic rings. The molecule has 5 heteroatoms. The molecule has 0 amide bonds. The number of halogens is 1. The van der Waals surface area contributed by atoms with Gasteiger partial charge in [-0.25, -0.2) is 0 Å². The third-order valence-corrected chi connectivity index (χ3v) is 3.47. The molecule has 1 aromatic rings. The number of thioether (sulfide) groups is 1. The first kappa shape index (κ1) is 12.1. The van der Waals surface area contributed by atoms with Crippen molar-refractivity contribution in [2.75, 3.05) is 18.1 Å². The fourth-order valence-corrected chi connectivity index (χ4v) is 2.27. The molecule has 0 saturated heterocycles. The highest BCUT2D eigenvalue weighted by atomic mass is 79.9. The van der Waals surface area contributed by atoms with E-state index in [4.69, 9.17) is 5.11 Å². The van der Waals surface area contributed by atoms with Crippen LogP contribution < -0.4 is 0 Å². The zero-order chi connectivity index (χ0) is 10.4. The second-order valence-corrected chi connectivity index (χ2v) is 5.35. The minimum absolute atomic E-state index is 0.278. The second-order valence-electron chi connectivity index (χ2n) is 3.28. The van der Waals surface area contributed by atoms with Gasteiger partial charge in [0.1, 0.15) is 0 Å². The van der Waals surface area contributed by atoms with E-state index in [1.807, 2.05) is 22.6 Å². The van der Waals surface area contributed by atoms with E-state index in [1.165, 1.54) is 0 Å². The number of aromatic nitrogens is 2. The van der Waals surface area contributed by atoms with Crippen LogP contribution in [0.1, 0.15) is 6.92 Å². The Bertz CT molecular complexity index is 267. The fraction of sp³-hybridized carbons (Fsp3) is 0.667. The zero-order valence-electron chi connectivity index (χ0n) is 8.19. The fourth-order valence-electron chi connectivity index (χ4n) is 0.956. The van der Waals surface area contributed by atoms with Crippen LogP contribution in [0, 0.1) is 5.92 Å². The van der Waals surface area contributed by atoms with E-state index >= 15 is 0 Å². The molecule has 0 aliphatic heterocycles. The Morgan fingerprint density at radius 1 is 1.71 bits per heavy atom. The Hall–Kier alpha value is -0.0000000000000000555. The normalized spacial score (nSPS) is 13.1. The number of aliphatic hydroxyl groups excluding tert-OH is 1. The van der Waals surface area contributed by atoms with Crippen molar-refractivity contribution in [1.82, 2.24) is 9.78 Å². The lowest BCUT2D eigenvalue weighted by atomic mass is 10.2. The number of hydrogen-bond acceptors (Lipinski definition) is 3. The predicted molar refractivity (Wildman–Crippen MR) is 63.5 cm³/mol. The van der Waals surface area contributed by atoms with E-state index in [-0.39, 0.29) is 6.61 Å². The van der Waals surface area contributed by atoms with E-state index in [2.05, 4.69) is 28.0 Å². The summed E-state index contributed by atoms with van der Waals surface area (Å²) in [5.74, 6) is 2.45. The maximum atomic E-state index is 8.82. The van der Waals surface area contributed by atoms with Crippen molar-refractivity contribution in [3.8, 4) is 0 Å². The molecule has 1 atom stereocenters. The Morgan fingerprint density at radius 2 is 2.50 bits per heavy atom. The quantitative estimate of drug-likeness (QED) is 0.809. The minimum atomic E-state index is 0.278. The van der Waals surface area contributed by atoms with Crippen LogP contribution in [-0.4, -0.2) is 33.0 Å². The van der Waals surface area contributed by atoms with Crippen LogP contribution in [0.4, 0.5) is 0 Å². The average molecular weight is 279 g/mol. The maximum absolute atomic E-state index is 8.82. The molecule has 0 radical (unpaired) electrons. The number of rotatable bonds is 6. The lowest BCUT2D eigenvalue weighted by Crippen LogP contribution is -2.06. The van der Waals surface area contributed by atoms with Gasteiger partial charge in [0.15, 0.2) is 0 Å². The summed E-state index contributed by atoms with van der Waals surface area (Å²) in [7, 11) is 0. The molecule has 1 heterocycles. The largest absolute Gasteiger partial charge is 0.396 e. The van der Waals surface area contributed by atoms with Gasteiger partial charge < -0.3 is 5.11 Å². The summed E-state index contributed by atoms with van der Waals surface area (Å²) < 4.78 is 2.94. The molecular weight excluding hydrogens is 264 g/mol. The van der Waals surface area contributed by atoms with Gasteiger partial charge in [0.05, 0.1) is 10.7 Å². The SMILES string of the molecule is CC(CO)CSCCn1cc(Br)cn1. The van der Waals surface area contributed by atoms with Crippen LogP contribution in [0.25, 0.3) is 0 Å². The molecule has 0 aliphatic carbocycles.